The number of benzene rings is 1. The predicted molar refractivity (Wildman–Crippen MR) is 129 cm³/mol. The molecule has 0 bridgehead atoms. The minimum atomic E-state index is -0.905. The number of hydrogen-bond acceptors (Lipinski definition) is 6. The summed E-state index contributed by atoms with van der Waals surface area (Å²) in [5.41, 5.74) is 1.05. The fourth-order valence-electron chi connectivity index (χ4n) is 3.61. The van der Waals surface area contributed by atoms with E-state index in [0.717, 1.165) is 39.3 Å². The van der Waals surface area contributed by atoms with Gasteiger partial charge >= 0.3 is 0 Å². The summed E-state index contributed by atoms with van der Waals surface area (Å²) in [5.74, 6) is 1.37. The van der Waals surface area contributed by atoms with Gasteiger partial charge in [0.05, 0.1) is 17.4 Å². The first-order valence-corrected chi connectivity index (χ1v) is 10.8. The lowest BCUT2D eigenvalue weighted by Gasteiger charge is -2.39. The standard InChI is InChI=1S/C23H30FN5S/c1-15(30-17(3)25-4)18-7-8-19-13-26-23(12-20(19)11-18)27-16(2)29-10-9-22(28(5)6)21(24)14-29/h7-8,11-13,21-22H,1-2,9-10,14H2,3-6H3,(H,26,27)/t21?,22-/m0/s1. The molecule has 1 aliphatic rings. The van der Waals surface area contributed by atoms with Crippen molar-refractivity contribution in [1.29, 1.82) is 0 Å². The summed E-state index contributed by atoms with van der Waals surface area (Å²) in [6.45, 7) is 11.3. The molecule has 0 saturated carbocycles. The Bertz CT molecular complexity index is 971. The maximum Gasteiger partial charge on any atom is 0.133 e. The van der Waals surface area contributed by atoms with E-state index in [-0.39, 0.29) is 6.04 Å². The fourth-order valence-corrected chi connectivity index (χ4v) is 4.30. The lowest BCUT2D eigenvalue weighted by atomic mass is 10.0. The van der Waals surface area contributed by atoms with Gasteiger partial charge in [-0.25, -0.2) is 9.37 Å². The maximum absolute atomic E-state index is 14.5. The van der Waals surface area contributed by atoms with E-state index in [4.69, 9.17) is 0 Å². The van der Waals surface area contributed by atoms with Crippen molar-refractivity contribution in [3.05, 3.63) is 55.0 Å². The highest BCUT2D eigenvalue weighted by atomic mass is 32.2. The average Bonchev–Trinajstić information content (AvgIpc) is 2.72. The molecule has 1 aromatic carbocycles. The molecule has 0 amide bonds. The fraction of sp³-hybridized carbons (Fsp3) is 0.391. The van der Waals surface area contributed by atoms with Crippen LogP contribution in [0.3, 0.4) is 0 Å². The summed E-state index contributed by atoms with van der Waals surface area (Å²) in [5, 5.41) is 6.32. The molecule has 0 aliphatic carbocycles. The second-order valence-electron chi connectivity index (χ2n) is 7.75. The molecular weight excluding hydrogens is 397 g/mol. The zero-order valence-electron chi connectivity index (χ0n) is 18.2. The molecule has 2 heterocycles. The van der Waals surface area contributed by atoms with Gasteiger partial charge in [-0.2, -0.15) is 0 Å². The Balaban J connectivity index is 1.72. The Hall–Kier alpha value is -2.38. The number of rotatable bonds is 6. The van der Waals surface area contributed by atoms with E-state index < -0.39 is 6.17 Å². The van der Waals surface area contributed by atoms with Gasteiger partial charge in [-0.1, -0.05) is 37.1 Å². The first-order chi connectivity index (χ1) is 14.3. The van der Waals surface area contributed by atoms with Crippen LogP contribution in [-0.4, -0.2) is 66.3 Å². The minimum Gasteiger partial charge on any atom is -0.356 e. The van der Waals surface area contributed by atoms with Crippen LogP contribution in [0.15, 0.2) is 54.4 Å². The molecule has 1 unspecified atom stereocenters. The molecule has 1 saturated heterocycles. The van der Waals surface area contributed by atoms with E-state index in [1.165, 1.54) is 0 Å². The van der Waals surface area contributed by atoms with Gasteiger partial charge in [-0.3, -0.25) is 4.99 Å². The molecule has 160 valence electrons. The lowest BCUT2D eigenvalue weighted by molar-refractivity contribution is 0.0749. The zero-order valence-corrected chi connectivity index (χ0v) is 19.0. The maximum atomic E-state index is 14.5. The summed E-state index contributed by atoms with van der Waals surface area (Å²) in [6.07, 6.45) is 1.70. The van der Waals surface area contributed by atoms with Crippen molar-refractivity contribution in [1.82, 2.24) is 14.8 Å². The van der Waals surface area contributed by atoms with Crippen LogP contribution in [0.2, 0.25) is 0 Å². The van der Waals surface area contributed by atoms with Crippen molar-refractivity contribution in [2.24, 2.45) is 4.99 Å². The summed E-state index contributed by atoms with van der Waals surface area (Å²) in [7, 11) is 5.63. The highest BCUT2D eigenvalue weighted by Crippen LogP contribution is 2.30. The Morgan fingerprint density at radius 1 is 1.30 bits per heavy atom. The quantitative estimate of drug-likeness (QED) is 0.528. The van der Waals surface area contributed by atoms with Crippen molar-refractivity contribution in [2.75, 3.05) is 39.5 Å². The molecule has 2 aromatic rings. The summed E-state index contributed by atoms with van der Waals surface area (Å²) < 4.78 is 14.5. The number of nitrogens with one attached hydrogen (secondary N) is 1. The highest BCUT2D eigenvalue weighted by molar-refractivity contribution is 8.21. The first kappa shape index (κ1) is 22.3. The summed E-state index contributed by atoms with van der Waals surface area (Å²) >= 11 is 1.56. The molecule has 5 nitrogen and oxygen atoms in total. The SMILES string of the molecule is C=C(SC(C)=NC)c1ccc2cnc(NC(=C)N3CC[C@H](N(C)C)C(F)C3)cc2c1. The Morgan fingerprint density at radius 2 is 2.07 bits per heavy atom. The molecular formula is C23H30FN5S. The number of halogens is 1. The normalized spacial score (nSPS) is 19.9. The van der Waals surface area contributed by atoms with Gasteiger partial charge < -0.3 is 15.1 Å². The minimum absolute atomic E-state index is 0.0429. The van der Waals surface area contributed by atoms with Crippen LogP contribution in [0.25, 0.3) is 15.7 Å². The third kappa shape index (κ3) is 5.21. The summed E-state index contributed by atoms with van der Waals surface area (Å²) in [6, 6.07) is 8.13. The number of pyridine rings is 1. The smallest absolute Gasteiger partial charge is 0.133 e. The van der Waals surface area contributed by atoms with E-state index in [1.54, 1.807) is 18.8 Å². The Morgan fingerprint density at radius 3 is 2.73 bits per heavy atom. The monoisotopic (exact) mass is 427 g/mol. The topological polar surface area (TPSA) is 43.8 Å². The molecule has 1 aromatic heterocycles. The van der Waals surface area contributed by atoms with Crippen molar-refractivity contribution >= 4 is 38.3 Å². The zero-order chi connectivity index (χ0) is 21.8. The van der Waals surface area contributed by atoms with Crippen molar-refractivity contribution in [3.8, 4) is 0 Å². The van der Waals surface area contributed by atoms with Crippen LogP contribution in [-0.2, 0) is 0 Å². The van der Waals surface area contributed by atoms with E-state index in [9.17, 15) is 4.39 Å². The van der Waals surface area contributed by atoms with Crippen molar-refractivity contribution in [3.63, 3.8) is 0 Å². The molecule has 1 N–H and O–H groups in total. The lowest BCUT2D eigenvalue weighted by Crippen LogP contribution is -2.50. The van der Waals surface area contributed by atoms with Crippen LogP contribution >= 0.6 is 11.8 Å². The summed E-state index contributed by atoms with van der Waals surface area (Å²) in [4.78, 5) is 13.5. The van der Waals surface area contributed by atoms with Crippen LogP contribution in [0.5, 0.6) is 0 Å². The number of alkyl halides is 1. The number of fused-ring (bicyclic) bond motifs is 1. The van der Waals surface area contributed by atoms with E-state index in [1.807, 2.05) is 55.2 Å². The van der Waals surface area contributed by atoms with E-state index >= 15 is 0 Å². The number of nitrogens with zero attached hydrogens (tertiary/aromatic N) is 4. The van der Waals surface area contributed by atoms with Crippen LogP contribution in [0.1, 0.15) is 18.9 Å². The molecule has 2 atom stereocenters. The average molecular weight is 428 g/mol. The Kier molecular flexibility index (Phi) is 7.15. The number of thioether (sulfide) groups is 1. The number of piperidine rings is 1. The van der Waals surface area contributed by atoms with Gasteiger partial charge in [0.2, 0.25) is 0 Å². The molecule has 7 heteroatoms. The molecule has 3 rings (SSSR count). The van der Waals surface area contributed by atoms with Gasteiger partial charge in [0.15, 0.2) is 0 Å². The van der Waals surface area contributed by atoms with E-state index in [2.05, 4.69) is 34.5 Å². The predicted octanol–water partition coefficient (Wildman–Crippen LogP) is 4.84. The van der Waals surface area contributed by atoms with Gasteiger partial charge in [0.25, 0.3) is 0 Å². The van der Waals surface area contributed by atoms with Gasteiger partial charge in [0, 0.05) is 36.1 Å². The van der Waals surface area contributed by atoms with Gasteiger partial charge in [-0.05, 0) is 50.5 Å². The highest BCUT2D eigenvalue weighted by Gasteiger charge is 2.31. The second kappa shape index (κ2) is 9.62. The van der Waals surface area contributed by atoms with Crippen LogP contribution in [0, 0.1) is 0 Å². The third-order valence-electron chi connectivity index (χ3n) is 5.45. The second-order valence-corrected chi connectivity index (χ2v) is 9.04. The largest absolute Gasteiger partial charge is 0.356 e. The van der Waals surface area contributed by atoms with E-state index in [0.29, 0.717) is 18.2 Å². The Labute approximate surface area is 182 Å². The number of anilines is 1. The molecule has 0 radical (unpaired) electrons. The molecule has 1 fully saturated rings. The van der Waals surface area contributed by atoms with Crippen LogP contribution in [0.4, 0.5) is 10.2 Å². The number of aliphatic imine (C=N–C) groups is 1. The number of likely N-dealkylation sites (tertiary alicyclic amines) is 1. The number of hydrogen-bond donors (Lipinski definition) is 1. The molecule has 0 spiro atoms. The molecule has 1 aliphatic heterocycles. The van der Waals surface area contributed by atoms with Crippen LogP contribution < -0.4 is 5.32 Å². The number of aromatic nitrogens is 1. The molecule has 30 heavy (non-hydrogen) atoms. The van der Waals surface area contributed by atoms with Crippen molar-refractivity contribution < 1.29 is 4.39 Å². The van der Waals surface area contributed by atoms with Gasteiger partial charge in [-0.15, -0.1) is 0 Å². The third-order valence-corrected chi connectivity index (χ3v) is 6.41. The first-order valence-electron chi connectivity index (χ1n) is 10.00. The van der Waals surface area contributed by atoms with Crippen molar-refractivity contribution in [2.45, 2.75) is 25.6 Å². The van der Waals surface area contributed by atoms with Gasteiger partial charge in [0.1, 0.15) is 12.0 Å².